The third-order valence-electron chi connectivity index (χ3n) is 7.84. The summed E-state index contributed by atoms with van der Waals surface area (Å²) in [5, 5.41) is 19.8. The Labute approximate surface area is 188 Å². The van der Waals surface area contributed by atoms with E-state index in [1.165, 1.54) is 17.5 Å². The maximum absolute atomic E-state index is 10.4. The van der Waals surface area contributed by atoms with Crippen LogP contribution in [0.3, 0.4) is 0 Å². The van der Waals surface area contributed by atoms with Crippen molar-refractivity contribution in [2.24, 2.45) is 0 Å². The number of rotatable bonds is 3. The second kappa shape index (κ2) is 7.25. The molecule has 1 aromatic carbocycles. The van der Waals surface area contributed by atoms with Gasteiger partial charge in [-0.2, -0.15) is 5.10 Å². The summed E-state index contributed by atoms with van der Waals surface area (Å²) in [6, 6.07) is 7.75. The predicted molar refractivity (Wildman–Crippen MR) is 126 cm³/mol. The highest BCUT2D eigenvalue weighted by Crippen LogP contribution is 2.40. The number of nitrogens with zero attached hydrogens (tertiary/aromatic N) is 5. The summed E-state index contributed by atoms with van der Waals surface area (Å²) >= 11 is 0. The molecule has 4 heterocycles. The van der Waals surface area contributed by atoms with Gasteiger partial charge in [-0.25, -0.2) is 14.6 Å². The van der Waals surface area contributed by atoms with Crippen LogP contribution >= 0.6 is 0 Å². The Balaban J connectivity index is 1.38. The van der Waals surface area contributed by atoms with Gasteiger partial charge in [-0.05, 0) is 82.1 Å². The normalized spacial score (nSPS) is 29.9. The molecular weight excluding hydrogens is 400 g/mol. The fourth-order valence-electron chi connectivity index (χ4n) is 6.01. The van der Waals surface area contributed by atoms with Crippen molar-refractivity contribution in [2.75, 3.05) is 18.0 Å². The van der Waals surface area contributed by atoms with E-state index < -0.39 is 5.60 Å². The van der Waals surface area contributed by atoms with E-state index in [1.54, 1.807) is 0 Å². The van der Waals surface area contributed by atoms with Gasteiger partial charge in [0, 0.05) is 36.6 Å². The number of piperazine rings is 1. The molecule has 6 rings (SSSR count). The van der Waals surface area contributed by atoms with Crippen molar-refractivity contribution in [3.8, 4) is 5.82 Å². The Morgan fingerprint density at radius 1 is 1.09 bits per heavy atom. The Morgan fingerprint density at radius 3 is 2.59 bits per heavy atom. The molecule has 2 aliphatic heterocycles. The van der Waals surface area contributed by atoms with Crippen molar-refractivity contribution in [3.63, 3.8) is 0 Å². The molecule has 1 aliphatic carbocycles. The zero-order valence-corrected chi connectivity index (χ0v) is 19.2. The van der Waals surface area contributed by atoms with E-state index in [4.69, 9.17) is 15.1 Å². The van der Waals surface area contributed by atoms with Crippen LogP contribution in [0.2, 0.25) is 0 Å². The number of aryl methyl sites for hydroxylation is 2. The van der Waals surface area contributed by atoms with Gasteiger partial charge in [0.05, 0.1) is 17.3 Å². The first-order valence-corrected chi connectivity index (χ1v) is 11.9. The van der Waals surface area contributed by atoms with Crippen LogP contribution in [0.25, 0.3) is 16.7 Å². The number of aliphatic hydroxyl groups is 1. The summed E-state index contributed by atoms with van der Waals surface area (Å²) < 4.78 is 1.97. The summed E-state index contributed by atoms with van der Waals surface area (Å²) in [4.78, 5) is 11.9. The predicted octanol–water partition coefficient (Wildman–Crippen LogP) is 3.39. The van der Waals surface area contributed by atoms with Crippen LogP contribution < -0.4 is 10.2 Å². The molecule has 32 heavy (non-hydrogen) atoms. The molecule has 2 atom stereocenters. The molecule has 168 valence electrons. The highest BCUT2D eigenvalue weighted by atomic mass is 16.3. The largest absolute Gasteiger partial charge is 0.390 e. The fraction of sp³-hybridized carbons (Fsp3) is 0.560. The average Bonchev–Trinajstić information content (AvgIpc) is 3.48. The molecule has 3 aliphatic rings. The molecule has 1 saturated carbocycles. The SMILES string of the molecule is Cc1nc(N2C[C@H]3C[C@@H]2CN3)cc(-n2ncc3cc(C)c([C@H]4CC[C@](C)(O)CC4)cc32)n1. The van der Waals surface area contributed by atoms with Crippen molar-refractivity contribution in [3.05, 3.63) is 41.3 Å². The van der Waals surface area contributed by atoms with E-state index in [0.717, 1.165) is 67.1 Å². The van der Waals surface area contributed by atoms with Crippen molar-refractivity contribution >= 4 is 16.7 Å². The van der Waals surface area contributed by atoms with E-state index in [-0.39, 0.29) is 0 Å². The minimum absolute atomic E-state index is 0.485. The lowest BCUT2D eigenvalue weighted by molar-refractivity contribution is 0.0171. The minimum atomic E-state index is -0.518. The molecule has 0 unspecified atom stereocenters. The first kappa shape index (κ1) is 20.1. The highest BCUT2D eigenvalue weighted by molar-refractivity contribution is 5.82. The van der Waals surface area contributed by atoms with E-state index in [2.05, 4.69) is 35.3 Å². The van der Waals surface area contributed by atoms with Gasteiger partial charge in [0.2, 0.25) is 0 Å². The summed E-state index contributed by atoms with van der Waals surface area (Å²) in [7, 11) is 0. The molecule has 0 amide bonds. The maximum atomic E-state index is 10.4. The number of benzene rings is 1. The number of nitrogens with one attached hydrogen (secondary N) is 1. The quantitative estimate of drug-likeness (QED) is 0.661. The topological polar surface area (TPSA) is 79.1 Å². The van der Waals surface area contributed by atoms with Crippen LogP contribution in [0, 0.1) is 13.8 Å². The number of aromatic nitrogens is 4. The van der Waals surface area contributed by atoms with Crippen molar-refractivity contribution in [2.45, 2.75) is 76.5 Å². The molecule has 0 radical (unpaired) electrons. The summed E-state index contributed by atoms with van der Waals surface area (Å²) in [6.45, 7) is 8.17. The van der Waals surface area contributed by atoms with Crippen LogP contribution in [-0.2, 0) is 0 Å². The lowest BCUT2D eigenvalue weighted by Crippen LogP contribution is -2.44. The first-order chi connectivity index (χ1) is 15.4. The van der Waals surface area contributed by atoms with Gasteiger partial charge < -0.3 is 15.3 Å². The van der Waals surface area contributed by atoms with Gasteiger partial charge >= 0.3 is 0 Å². The smallest absolute Gasteiger partial charge is 0.159 e. The zero-order chi connectivity index (χ0) is 22.0. The van der Waals surface area contributed by atoms with Gasteiger partial charge in [-0.1, -0.05) is 0 Å². The molecule has 2 bridgehead atoms. The number of hydrogen-bond acceptors (Lipinski definition) is 6. The van der Waals surface area contributed by atoms with Gasteiger partial charge in [-0.15, -0.1) is 0 Å². The number of fused-ring (bicyclic) bond motifs is 3. The van der Waals surface area contributed by atoms with Gasteiger partial charge in [0.25, 0.3) is 0 Å². The van der Waals surface area contributed by atoms with E-state index >= 15 is 0 Å². The van der Waals surface area contributed by atoms with Crippen molar-refractivity contribution in [1.29, 1.82) is 0 Å². The molecule has 7 heteroatoms. The lowest BCUT2D eigenvalue weighted by atomic mass is 9.76. The molecule has 2 N–H and O–H groups in total. The van der Waals surface area contributed by atoms with Crippen LogP contribution in [0.15, 0.2) is 24.4 Å². The Bertz CT molecular complexity index is 1170. The van der Waals surface area contributed by atoms with Crippen molar-refractivity contribution in [1.82, 2.24) is 25.1 Å². The molecule has 3 aromatic rings. The monoisotopic (exact) mass is 432 g/mol. The maximum Gasteiger partial charge on any atom is 0.159 e. The van der Waals surface area contributed by atoms with E-state index in [1.807, 2.05) is 24.7 Å². The molecular formula is C25H32N6O. The third-order valence-corrected chi connectivity index (χ3v) is 7.84. The summed E-state index contributed by atoms with van der Waals surface area (Å²) in [5.74, 6) is 3.10. The van der Waals surface area contributed by atoms with Gasteiger partial charge in [-0.3, -0.25) is 0 Å². The summed E-state index contributed by atoms with van der Waals surface area (Å²) in [5.41, 5.74) is 3.26. The van der Waals surface area contributed by atoms with Crippen LogP contribution in [0.5, 0.6) is 0 Å². The Kier molecular flexibility index (Phi) is 4.56. The van der Waals surface area contributed by atoms with E-state index in [0.29, 0.717) is 18.0 Å². The van der Waals surface area contributed by atoms with Crippen LogP contribution in [0.4, 0.5) is 5.82 Å². The second-order valence-electron chi connectivity index (χ2n) is 10.4. The summed E-state index contributed by atoms with van der Waals surface area (Å²) in [6.07, 6.45) is 6.90. The average molecular weight is 433 g/mol. The number of anilines is 1. The lowest BCUT2D eigenvalue weighted by Gasteiger charge is -2.34. The van der Waals surface area contributed by atoms with Crippen LogP contribution in [-0.4, -0.2) is 55.6 Å². The third kappa shape index (κ3) is 3.39. The molecule has 7 nitrogen and oxygen atoms in total. The molecule has 0 spiro atoms. The van der Waals surface area contributed by atoms with Crippen molar-refractivity contribution < 1.29 is 5.11 Å². The zero-order valence-electron chi connectivity index (χ0n) is 19.2. The molecule has 2 aromatic heterocycles. The first-order valence-electron chi connectivity index (χ1n) is 11.9. The molecule has 3 fully saturated rings. The van der Waals surface area contributed by atoms with E-state index in [9.17, 15) is 5.11 Å². The van der Waals surface area contributed by atoms with Crippen LogP contribution in [0.1, 0.15) is 61.9 Å². The minimum Gasteiger partial charge on any atom is -0.390 e. The van der Waals surface area contributed by atoms with Gasteiger partial charge in [0.15, 0.2) is 5.82 Å². The Hall–Kier alpha value is -2.51. The number of hydrogen-bond donors (Lipinski definition) is 2. The fourth-order valence-corrected chi connectivity index (χ4v) is 6.01. The standard InChI is InChI=1S/C25H32N6O/c1-15-8-18-12-27-31(22(18)10-21(15)17-4-6-25(3,32)7-5-17)24-11-23(28-16(2)29-24)30-14-19-9-20(30)13-26-19/h8,10-12,17,19-20,26,32H,4-7,9,13-14H2,1-3H3/t17-,19-,20-,25-/m1/s1. The Morgan fingerprint density at radius 2 is 1.88 bits per heavy atom. The second-order valence-corrected chi connectivity index (χ2v) is 10.4. The highest BCUT2D eigenvalue weighted by Gasteiger charge is 2.38. The molecule has 2 saturated heterocycles. The van der Waals surface area contributed by atoms with Gasteiger partial charge in [0.1, 0.15) is 11.6 Å².